The average Bonchev–Trinajstić information content (AvgIpc) is 2.72. The van der Waals surface area contributed by atoms with E-state index in [1.165, 1.54) is 7.11 Å². The zero-order chi connectivity index (χ0) is 20.4. The fraction of sp³-hybridized carbons (Fsp3) is 0.250. The highest BCUT2D eigenvalue weighted by molar-refractivity contribution is 6.40. The first-order chi connectivity index (χ1) is 13.5. The molecule has 2 aromatic carbocycles. The van der Waals surface area contributed by atoms with Crippen LogP contribution in [0.25, 0.3) is 0 Å². The van der Waals surface area contributed by atoms with Gasteiger partial charge in [-0.3, -0.25) is 14.4 Å². The van der Waals surface area contributed by atoms with E-state index in [1.54, 1.807) is 31.4 Å². The van der Waals surface area contributed by atoms with Gasteiger partial charge in [-0.05, 0) is 29.8 Å². The standard InChI is InChI=1S/C20H23N3O5/c1-27-11-10-21-19(25)20(26)23-17-9-4-3-8-16(17)18(24)22-13-14-6-5-7-15(12-14)28-2/h3-9,12H,10-11,13H2,1-2H3,(H,21,25)(H,22,24)(H,23,26). The maximum absolute atomic E-state index is 12.5. The number of methoxy groups -OCH3 is 2. The van der Waals surface area contributed by atoms with Gasteiger partial charge in [-0.25, -0.2) is 0 Å². The second kappa shape index (κ2) is 10.7. The zero-order valence-corrected chi connectivity index (χ0v) is 15.8. The summed E-state index contributed by atoms with van der Waals surface area (Å²) < 4.78 is 9.97. The number of carbonyl (C=O) groups excluding carboxylic acids is 3. The van der Waals surface area contributed by atoms with Crippen molar-refractivity contribution in [1.82, 2.24) is 10.6 Å². The van der Waals surface area contributed by atoms with Gasteiger partial charge in [-0.15, -0.1) is 0 Å². The molecule has 0 radical (unpaired) electrons. The molecule has 2 rings (SSSR count). The van der Waals surface area contributed by atoms with Crippen LogP contribution in [0.5, 0.6) is 5.75 Å². The number of rotatable bonds is 8. The monoisotopic (exact) mass is 385 g/mol. The van der Waals surface area contributed by atoms with Crippen molar-refractivity contribution in [1.29, 1.82) is 0 Å². The van der Waals surface area contributed by atoms with Crippen molar-refractivity contribution in [2.75, 3.05) is 32.7 Å². The number of benzene rings is 2. The molecule has 0 spiro atoms. The molecule has 0 atom stereocenters. The molecule has 28 heavy (non-hydrogen) atoms. The first-order valence-electron chi connectivity index (χ1n) is 8.63. The van der Waals surface area contributed by atoms with Gasteiger partial charge in [0, 0.05) is 20.2 Å². The van der Waals surface area contributed by atoms with Crippen LogP contribution in [0.3, 0.4) is 0 Å². The maximum Gasteiger partial charge on any atom is 0.313 e. The van der Waals surface area contributed by atoms with E-state index in [2.05, 4.69) is 16.0 Å². The Morgan fingerprint density at radius 1 is 0.929 bits per heavy atom. The van der Waals surface area contributed by atoms with Crippen molar-refractivity contribution in [3.05, 3.63) is 59.7 Å². The Balaban J connectivity index is 2.00. The first kappa shape index (κ1) is 20.9. The lowest BCUT2D eigenvalue weighted by atomic mass is 10.1. The van der Waals surface area contributed by atoms with Gasteiger partial charge in [0.15, 0.2) is 0 Å². The molecule has 0 bridgehead atoms. The number of carbonyl (C=O) groups is 3. The number of para-hydroxylation sites is 1. The fourth-order valence-electron chi connectivity index (χ4n) is 2.38. The molecule has 2 aromatic rings. The van der Waals surface area contributed by atoms with Crippen LogP contribution >= 0.6 is 0 Å². The molecule has 0 fully saturated rings. The van der Waals surface area contributed by atoms with Crippen LogP contribution in [0.15, 0.2) is 48.5 Å². The molecule has 0 aliphatic heterocycles. The van der Waals surface area contributed by atoms with E-state index in [4.69, 9.17) is 9.47 Å². The Morgan fingerprint density at radius 3 is 2.46 bits per heavy atom. The van der Waals surface area contributed by atoms with Gasteiger partial charge in [0.05, 0.1) is 25.0 Å². The second-order valence-corrected chi connectivity index (χ2v) is 5.78. The number of hydrogen-bond acceptors (Lipinski definition) is 5. The molecule has 0 aliphatic rings. The molecule has 3 N–H and O–H groups in total. The normalized spacial score (nSPS) is 10.1. The molecule has 3 amide bonds. The van der Waals surface area contributed by atoms with Crippen molar-refractivity contribution < 1.29 is 23.9 Å². The second-order valence-electron chi connectivity index (χ2n) is 5.78. The smallest absolute Gasteiger partial charge is 0.313 e. The number of hydrogen-bond donors (Lipinski definition) is 3. The van der Waals surface area contributed by atoms with Crippen LogP contribution in [-0.2, 0) is 20.9 Å². The van der Waals surface area contributed by atoms with Crippen LogP contribution < -0.4 is 20.7 Å². The summed E-state index contributed by atoms with van der Waals surface area (Å²) in [6.45, 7) is 0.795. The number of nitrogens with one attached hydrogen (secondary N) is 3. The van der Waals surface area contributed by atoms with Gasteiger partial charge in [0.1, 0.15) is 5.75 Å². The molecule has 0 saturated heterocycles. The molecular weight excluding hydrogens is 362 g/mol. The van der Waals surface area contributed by atoms with E-state index in [-0.39, 0.29) is 30.2 Å². The Kier molecular flexibility index (Phi) is 7.98. The third kappa shape index (κ3) is 6.10. The van der Waals surface area contributed by atoms with Gasteiger partial charge in [0.25, 0.3) is 5.91 Å². The Morgan fingerprint density at radius 2 is 1.71 bits per heavy atom. The molecule has 0 unspecified atom stereocenters. The third-order valence-corrected chi connectivity index (χ3v) is 3.81. The Labute approximate surface area is 163 Å². The van der Waals surface area contributed by atoms with Gasteiger partial charge in [-0.1, -0.05) is 24.3 Å². The van der Waals surface area contributed by atoms with Crippen molar-refractivity contribution in [3.63, 3.8) is 0 Å². The molecule has 8 nitrogen and oxygen atoms in total. The van der Waals surface area contributed by atoms with Crippen molar-refractivity contribution in [2.24, 2.45) is 0 Å². The topological polar surface area (TPSA) is 106 Å². The van der Waals surface area contributed by atoms with Crippen LogP contribution in [-0.4, -0.2) is 45.1 Å². The summed E-state index contributed by atoms with van der Waals surface area (Å²) in [5, 5.41) is 7.67. The van der Waals surface area contributed by atoms with Gasteiger partial charge >= 0.3 is 11.8 Å². The maximum atomic E-state index is 12.5. The summed E-state index contributed by atoms with van der Waals surface area (Å²) in [6.07, 6.45) is 0. The predicted molar refractivity (Wildman–Crippen MR) is 104 cm³/mol. The third-order valence-electron chi connectivity index (χ3n) is 3.81. The van der Waals surface area contributed by atoms with Gasteiger partial charge < -0.3 is 25.4 Å². The molecule has 8 heteroatoms. The summed E-state index contributed by atoms with van der Waals surface area (Å²) in [5.41, 5.74) is 1.37. The van der Waals surface area contributed by atoms with Crippen LogP contribution in [0.2, 0.25) is 0 Å². The fourth-order valence-corrected chi connectivity index (χ4v) is 2.38. The number of anilines is 1. The summed E-state index contributed by atoms with van der Waals surface area (Å²) in [7, 11) is 3.06. The lowest BCUT2D eigenvalue weighted by Gasteiger charge is -2.12. The van der Waals surface area contributed by atoms with E-state index < -0.39 is 11.8 Å². The van der Waals surface area contributed by atoms with E-state index in [0.717, 1.165) is 5.56 Å². The van der Waals surface area contributed by atoms with Gasteiger partial charge in [-0.2, -0.15) is 0 Å². The molecule has 0 heterocycles. The summed E-state index contributed by atoms with van der Waals surface area (Å²) in [5.74, 6) is -1.34. The zero-order valence-electron chi connectivity index (χ0n) is 15.8. The molecular formula is C20H23N3O5. The van der Waals surface area contributed by atoms with Crippen molar-refractivity contribution in [2.45, 2.75) is 6.54 Å². The summed E-state index contributed by atoms with van der Waals surface area (Å²) in [4.78, 5) is 36.3. The average molecular weight is 385 g/mol. The first-order valence-corrected chi connectivity index (χ1v) is 8.63. The van der Waals surface area contributed by atoms with E-state index in [0.29, 0.717) is 12.4 Å². The van der Waals surface area contributed by atoms with Crippen LogP contribution in [0.1, 0.15) is 15.9 Å². The highest BCUT2D eigenvalue weighted by Gasteiger charge is 2.17. The minimum Gasteiger partial charge on any atom is -0.497 e. The highest BCUT2D eigenvalue weighted by atomic mass is 16.5. The molecule has 0 aliphatic carbocycles. The van der Waals surface area contributed by atoms with E-state index in [1.807, 2.05) is 24.3 Å². The van der Waals surface area contributed by atoms with Crippen molar-refractivity contribution in [3.8, 4) is 5.75 Å². The summed E-state index contributed by atoms with van der Waals surface area (Å²) in [6, 6.07) is 13.8. The van der Waals surface area contributed by atoms with E-state index in [9.17, 15) is 14.4 Å². The number of amides is 3. The summed E-state index contributed by atoms with van der Waals surface area (Å²) >= 11 is 0. The van der Waals surface area contributed by atoms with E-state index >= 15 is 0 Å². The number of ether oxygens (including phenoxy) is 2. The van der Waals surface area contributed by atoms with Crippen molar-refractivity contribution >= 4 is 23.4 Å². The Bertz CT molecular complexity index is 838. The minimum atomic E-state index is -0.857. The van der Waals surface area contributed by atoms with Crippen LogP contribution in [0.4, 0.5) is 5.69 Å². The predicted octanol–water partition coefficient (Wildman–Crippen LogP) is 1.33. The van der Waals surface area contributed by atoms with Gasteiger partial charge in [0.2, 0.25) is 0 Å². The highest BCUT2D eigenvalue weighted by Crippen LogP contribution is 2.16. The lowest BCUT2D eigenvalue weighted by Crippen LogP contribution is -2.37. The Hall–Kier alpha value is -3.39. The quantitative estimate of drug-likeness (QED) is 0.470. The molecule has 148 valence electrons. The lowest BCUT2D eigenvalue weighted by molar-refractivity contribution is -0.136. The minimum absolute atomic E-state index is 0.214. The molecule has 0 saturated carbocycles. The van der Waals surface area contributed by atoms with Crippen LogP contribution in [0, 0.1) is 0 Å². The largest absolute Gasteiger partial charge is 0.497 e. The SMILES string of the molecule is COCCNC(=O)C(=O)Nc1ccccc1C(=O)NCc1cccc(OC)c1. The molecule has 0 aromatic heterocycles.